The fourth-order valence-corrected chi connectivity index (χ4v) is 5.07. The maximum absolute atomic E-state index is 12.6. The molecule has 1 amide bonds. The molecule has 0 bridgehead atoms. The number of hydrogen-bond donors (Lipinski definition) is 2. The van der Waals surface area contributed by atoms with Gasteiger partial charge in [-0.1, -0.05) is 58.9 Å². The number of nitro groups is 1. The molecular weight excluding hydrogens is 558 g/mol. The lowest BCUT2D eigenvalue weighted by molar-refractivity contribution is -0.384. The molecule has 8 nitrogen and oxygen atoms in total. The predicted molar refractivity (Wildman–Crippen MR) is 150 cm³/mol. The number of nitrogens with one attached hydrogen (secondary N) is 2. The molecule has 0 unspecified atom stereocenters. The van der Waals surface area contributed by atoms with Crippen molar-refractivity contribution in [3.63, 3.8) is 0 Å². The van der Waals surface area contributed by atoms with Crippen molar-refractivity contribution in [2.45, 2.75) is 32.4 Å². The zero-order valence-corrected chi connectivity index (χ0v) is 22.7. The van der Waals surface area contributed by atoms with Crippen LogP contribution in [0.3, 0.4) is 0 Å². The van der Waals surface area contributed by atoms with E-state index < -0.39 is 4.92 Å². The van der Waals surface area contributed by atoms with Crippen LogP contribution in [0.25, 0.3) is 6.08 Å². The molecule has 1 heterocycles. The van der Waals surface area contributed by atoms with Crippen molar-refractivity contribution in [2.75, 3.05) is 11.9 Å². The minimum Gasteiger partial charge on any atom is -0.490 e. The van der Waals surface area contributed by atoms with Gasteiger partial charge in [0.05, 0.1) is 16.4 Å². The Morgan fingerprint density at radius 2 is 1.84 bits per heavy atom. The highest BCUT2D eigenvalue weighted by atomic mass is 79.9. The van der Waals surface area contributed by atoms with Crippen molar-refractivity contribution in [2.24, 2.45) is 0 Å². The molecule has 3 aromatic rings. The molecule has 4 rings (SSSR count). The Bertz CT molecular complexity index is 1330. The number of halogens is 1. The van der Waals surface area contributed by atoms with E-state index in [-0.39, 0.29) is 23.7 Å². The smallest absolute Gasteiger partial charge is 0.269 e. The van der Waals surface area contributed by atoms with E-state index in [1.165, 1.54) is 29.5 Å². The van der Waals surface area contributed by atoms with E-state index in [2.05, 4.69) is 45.6 Å². The number of nitrogens with zero attached hydrogens (tertiary/aromatic N) is 1. The van der Waals surface area contributed by atoms with Crippen molar-refractivity contribution in [1.29, 1.82) is 0 Å². The van der Waals surface area contributed by atoms with Crippen molar-refractivity contribution in [1.82, 2.24) is 5.32 Å². The van der Waals surface area contributed by atoms with Gasteiger partial charge in [0.1, 0.15) is 6.61 Å². The first-order valence-electron chi connectivity index (χ1n) is 11.7. The lowest BCUT2D eigenvalue weighted by Gasteiger charge is -2.14. The van der Waals surface area contributed by atoms with Gasteiger partial charge in [0.25, 0.3) is 11.6 Å². The maximum Gasteiger partial charge on any atom is 0.269 e. The summed E-state index contributed by atoms with van der Waals surface area (Å²) >= 11 is 4.98. The first-order chi connectivity index (χ1) is 17.9. The number of ether oxygens (including phenoxy) is 2. The predicted octanol–water partition coefficient (Wildman–Crippen LogP) is 6.50. The third-order valence-corrected chi connectivity index (χ3v) is 7.27. The van der Waals surface area contributed by atoms with E-state index in [1.807, 2.05) is 19.1 Å². The SMILES string of the molecule is CCOc1cc(/C=C2\S[C@H](Nc3ccc(CC)cc3)NC2=O)c(Br)cc1OCc1cccc([N+](=O)[O-])c1. The van der Waals surface area contributed by atoms with Crippen molar-refractivity contribution in [3.05, 3.63) is 96.8 Å². The van der Waals surface area contributed by atoms with E-state index >= 15 is 0 Å². The van der Waals surface area contributed by atoms with Crippen LogP contribution in [0.4, 0.5) is 11.4 Å². The van der Waals surface area contributed by atoms with E-state index in [0.717, 1.165) is 22.1 Å². The van der Waals surface area contributed by atoms with Gasteiger partial charge >= 0.3 is 0 Å². The number of anilines is 1. The Morgan fingerprint density at radius 3 is 2.54 bits per heavy atom. The van der Waals surface area contributed by atoms with E-state index in [1.54, 1.807) is 30.3 Å². The Balaban J connectivity index is 1.49. The summed E-state index contributed by atoms with van der Waals surface area (Å²) in [6.07, 6.45) is 2.78. The van der Waals surface area contributed by atoms with Crippen LogP contribution in [0, 0.1) is 10.1 Å². The van der Waals surface area contributed by atoms with Crippen LogP contribution in [0.15, 0.2) is 70.0 Å². The Labute approximate surface area is 227 Å². The molecule has 1 aliphatic rings. The number of thioether (sulfide) groups is 1. The molecule has 1 atom stereocenters. The van der Waals surface area contributed by atoms with E-state index in [0.29, 0.717) is 28.6 Å². The lowest BCUT2D eigenvalue weighted by atomic mass is 10.1. The number of rotatable bonds is 10. The molecule has 3 aromatic carbocycles. The van der Waals surface area contributed by atoms with Crippen LogP contribution in [-0.4, -0.2) is 22.9 Å². The lowest BCUT2D eigenvalue weighted by Crippen LogP contribution is -2.30. The summed E-state index contributed by atoms with van der Waals surface area (Å²) < 4.78 is 12.5. The summed E-state index contributed by atoms with van der Waals surface area (Å²) in [5, 5.41) is 17.3. The molecule has 0 saturated carbocycles. The molecule has 0 aliphatic carbocycles. The normalized spacial score (nSPS) is 15.9. The van der Waals surface area contributed by atoms with Crippen molar-refractivity contribution in [3.8, 4) is 11.5 Å². The number of hydrogen-bond acceptors (Lipinski definition) is 7. The van der Waals surface area contributed by atoms with Crippen LogP contribution in [0.5, 0.6) is 11.5 Å². The van der Waals surface area contributed by atoms with Gasteiger partial charge in [0.15, 0.2) is 17.0 Å². The highest BCUT2D eigenvalue weighted by Gasteiger charge is 2.27. The summed E-state index contributed by atoms with van der Waals surface area (Å²) in [7, 11) is 0. The molecule has 0 spiro atoms. The van der Waals surface area contributed by atoms with Gasteiger partial charge in [-0.05, 0) is 60.4 Å². The van der Waals surface area contributed by atoms with Gasteiger partial charge < -0.3 is 20.1 Å². The molecule has 192 valence electrons. The summed E-state index contributed by atoms with van der Waals surface area (Å²) in [5.74, 6) is 0.835. The molecular formula is C27H26BrN3O5S. The van der Waals surface area contributed by atoms with Gasteiger partial charge in [-0.15, -0.1) is 0 Å². The minimum atomic E-state index is -0.437. The molecule has 1 fully saturated rings. The van der Waals surface area contributed by atoms with Crippen LogP contribution in [0.1, 0.15) is 30.5 Å². The third-order valence-electron chi connectivity index (χ3n) is 5.56. The Morgan fingerprint density at radius 1 is 1.08 bits per heavy atom. The second kappa shape index (κ2) is 12.2. The second-order valence-electron chi connectivity index (χ2n) is 8.14. The number of aryl methyl sites for hydroxylation is 1. The summed E-state index contributed by atoms with van der Waals surface area (Å²) in [5.41, 5.74) is 3.34. The zero-order chi connectivity index (χ0) is 26.4. The average molecular weight is 584 g/mol. The van der Waals surface area contributed by atoms with E-state index in [4.69, 9.17) is 9.47 Å². The largest absolute Gasteiger partial charge is 0.490 e. The molecule has 2 N–H and O–H groups in total. The highest BCUT2D eigenvalue weighted by Crippen LogP contribution is 2.38. The maximum atomic E-state index is 12.6. The molecule has 1 aliphatic heterocycles. The van der Waals surface area contributed by atoms with Gasteiger partial charge in [-0.3, -0.25) is 14.9 Å². The minimum absolute atomic E-state index is 0.00685. The molecule has 1 saturated heterocycles. The number of non-ortho nitro benzene ring substituents is 1. The number of nitro benzene ring substituents is 1. The Kier molecular flexibility index (Phi) is 8.73. The summed E-state index contributed by atoms with van der Waals surface area (Å²) in [4.78, 5) is 23.8. The zero-order valence-electron chi connectivity index (χ0n) is 20.3. The number of carbonyl (C=O) groups excluding carboxylic acids is 1. The highest BCUT2D eigenvalue weighted by molar-refractivity contribution is 9.10. The van der Waals surface area contributed by atoms with Crippen LogP contribution in [0.2, 0.25) is 0 Å². The van der Waals surface area contributed by atoms with E-state index in [9.17, 15) is 14.9 Å². The quantitative estimate of drug-likeness (QED) is 0.159. The molecule has 10 heteroatoms. The van der Waals surface area contributed by atoms with Crippen molar-refractivity contribution < 1.29 is 19.2 Å². The first-order valence-corrected chi connectivity index (χ1v) is 13.4. The fraction of sp³-hybridized carbons (Fsp3) is 0.222. The van der Waals surface area contributed by atoms with Gasteiger partial charge in [-0.25, -0.2) is 0 Å². The number of carbonyl (C=O) groups is 1. The van der Waals surface area contributed by atoms with Gasteiger partial charge in [0.2, 0.25) is 0 Å². The second-order valence-corrected chi connectivity index (χ2v) is 10.1. The van der Waals surface area contributed by atoms with Crippen LogP contribution >= 0.6 is 27.7 Å². The van der Waals surface area contributed by atoms with Crippen LogP contribution < -0.4 is 20.1 Å². The monoisotopic (exact) mass is 583 g/mol. The standard InChI is InChI=1S/C27H26BrN3O5S/c1-3-17-8-10-20(11-9-17)29-27-30-26(32)25(37-27)14-19-13-23(35-4-2)24(15-22(19)28)36-16-18-6-5-7-21(12-18)31(33)34/h5-15,27,29H,3-4,16H2,1-2H3,(H,30,32)/b25-14-/t27-/m1/s1. The van der Waals surface area contributed by atoms with Crippen LogP contribution in [-0.2, 0) is 17.8 Å². The first kappa shape index (κ1) is 26.6. The fourth-order valence-electron chi connectivity index (χ4n) is 3.66. The summed E-state index contributed by atoms with van der Waals surface area (Å²) in [6, 6.07) is 18.0. The third kappa shape index (κ3) is 6.84. The van der Waals surface area contributed by atoms with Gasteiger partial charge in [0, 0.05) is 22.3 Å². The van der Waals surface area contributed by atoms with Gasteiger partial charge in [-0.2, -0.15) is 0 Å². The number of benzene rings is 3. The number of amides is 1. The molecule has 0 aromatic heterocycles. The average Bonchev–Trinajstić information content (AvgIpc) is 3.23. The summed E-state index contributed by atoms with van der Waals surface area (Å²) in [6.45, 7) is 4.54. The molecule has 0 radical (unpaired) electrons. The molecule has 37 heavy (non-hydrogen) atoms. The van der Waals surface area contributed by atoms with Crippen molar-refractivity contribution >= 4 is 51.0 Å². The topological polar surface area (TPSA) is 103 Å². The Hall–Kier alpha value is -3.50.